The molecule has 0 aliphatic heterocycles. The first-order valence-electron chi connectivity index (χ1n) is 5.31. The number of nitrogen functional groups attached to an aromatic ring is 1. The van der Waals surface area contributed by atoms with E-state index in [1.807, 2.05) is 13.0 Å². The van der Waals surface area contributed by atoms with Crippen LogP contribution in [0.15, 0.2) is 24.3 Å². The lowest BCUT2D eigenvalue weighted by molar-refractivity contribution is 0.0747. The molecule has 0 saturated heterocycles. The minimum absolute atomic E-state index is 0.127. The number of hydrogen-bond acceptors (Lipinski definition) is 4. The molecule has 1 atom stereocenters. The first kappa shape index (κ1) is 13.0. The third-order valence-corrected chi connectivity index (χ3v) is 2.68. The highest BCUT2D eigenvalue weighted by Gasteiger charge is 2.19. The summed E-state index contributed by atoms with van der Waals surface area (Å²) in [5, 5.41) is 8.62. The molecule has 0 radical (unpaired) electrons. The fourth-order valence-corrected chi connectivity index (χ4v) is 1.45. The number of carbonyl (C=O) groups excluding carboxylic acids is 1. The van der Waals surface area contributed by atoms with E-state index in [1.165, 1.54) is 0 Å². The van der Waals surface area contributed by atoms with E-state index in [1.54, 1.807) is 36.2 Å². The molecule has 0 aliphatic rings. The molecule has 5 heteroatoms. The van der Waals surface area contributed by atoms with E-state index in [-0.39, 0.29) is 11.9 Å². The van der Waals surface area contributed by atoms with Gasteiger partial charge in [0.1, 0.15) is 0 Å². The van der Waals surface area contributed by atoms with Gasteiger partial charge in [0.05, 0.1) is 23.7 Å². The Morgan fingerprint density at radius 3 is 2.82 bits per heavy atom. The Labute approximate surface area is 101 Å². The molecule has 17 heavy (non-hydrogen) atoms. The number of nitrogens with one attached hydrogen (secondary N) is 1. The van der Waals surface area contributed by atoms with Crippen LogP contribution in [0.2, 0.25) is 0 Å². The standard InChI is InChI=1S/C12H16N4O/c1-9(7-8-13)16(2)12(17)10-5-3-4-6-11(10)15-14/h3-6,9,15H,7,14H2,1-2H3. The van der Waals surface area contributed by atoms with Crippen LogP contribution in [-0.2, 0) is 0 Å². The summed E-state index contributed by atoms with van der Waals surface area (Å²) in [5.74, 6) is 5.20. The maximum atomic E-state index is 12.2. The largest absolute Gasteiger partial charge is 0.338 e. The van der Waals surface area contributed by atoms with Crippen LogP contribution in [0.3, 0.4) is 0 Å². The number of hydrogen-bond donors (Lipinski definition) is 2. The number of nitrogens with zero attached hydrogens (tertiary/aromatic N) is 2. The van der Waals surface area contributed by atoms with E-state index in [0.717, 1.165) is 0 Å². The van der Waals surface area contributed by atoms with E-state index < -0.39 is 0 Å². The summed E-state index contributed by atoms with van der Waals surface area (Å²) < 4.78 is 0. The molecule has 0 saturated carbocycles. The normalized spacial score (nSPS) is 11.4. The fraction of sp³-hybridized carbons (Fsp3) is 0.333. The molecule has 1 aromatic rings. The number of rotatable bonds is 4. The maximum absolute atomic E-state index is 12.2. The number of hydrazine groups is 1. The van der Waals surface area contributed by atoms with Crippen LogP contribution >= 0.6 is 0 Å². The Morgan fingerprint density at radius 1 is 1.59 bits per heavy atom. The Kier molecular flexibility index (Phi) is 4.49. The van der Waals surface area contributed by atoms with Crippen molar-refractivity contribution in [1.29, 1.82) is 5.26 Å². The predicted molar refractivity (Wildman–Crippen MR) is 66.0 cm³/mol. The summed E-state index contributed by atoms with van der Waals surface area (Å²) in [4.78, 5) is 13.7. The topological polar surface area (TPSA) is 82.2 Å². The molecular formula is C12H16N4O. The first-order chi connectivity index (χ1) is 8.11. The van der Waals surface area contributed by atoms with Gasteiger partial charge in [-0.15, -0.1) is 0 Å². The summed E-state index contributed by atoms with van der Waals surface area (Å²) in [6, 6.07) is 8.93. The number of anilines is 1. The highest BCUT2D eigenvalue weighted by Crippen LogP contribution is 2.17. The Hall–Kier alpha value is -2.06. The number of amides is 1. The van der Waals surface area contributed by atoms with Crippen LogP contribution in [0.4, 0.5) is 5.69 Å². The maximum Gasteiger partial charge on any atom is 0.256 e. The van der Waals surface area contributed by atoms with Gasteiger partial charge in [0.15, 0.2) is 0 Å². The Bertz CT molecular complexity index is 438. The zero-order chi connectivity index (χ0) is 12.8. The number of nitrogens with two attached hydrogens (primary N) is 1. The third-order valence-electron chi connectivity index (χ3n) is 2.68. The molecule has 0 fully saturated rings. The van der Waals surface area contributed by atoms with Gasteiger partial charge in [0, 0.05) is 13.1 Å². The van der Waals surface area contributed by atoms with Gasteiger partial charge in [-0.2, -0.15) is 5.26 Å². The van der Waals surface area contributed by atoms with E-state index in [4.69, 9.17) is 11.1 Å². The molecule has 0 heterocycles. The van der Waals surface area contributed by atoms with Crippen molar-refractivity contribution < 1.29 is 4.79 Å². The predicted octanol–water partition coefficient (Wildman–Crippen LogP) is 1.35. The molecule has 3 N–H and O–H groups in total. The minimum Gasteiger partial charge on any atom is -0.338 e. The van der Waals surface area contributed by atoms with Crippen LogP contribution in [0.1, 0.15) is 23.7 Å². The van der Waals surface area contributed by atoms with Gasteiger partial charge < -0.3 is 10.3 Å². The molecule has 0 bridgehead atoms. The van der Waals surface area contributed by atoms with Crippen molar-refractivity contribution >= 4 is 11.6 Å². The molecule has 0 aromatic heterocycles. The molecule has 1 aromatic carbocycles. The van der Waals surface area contributed by atoms with Crippen molar-refractivity contribution in [3.05, 3.63) is 29.8 Å². The van der Waals surface area contributed by atoms with Gasteiger partial charge in [-0.05, 0) is 19.1 Å². The quantitative estimate of drug-likeness (QED) is 0.606. The first-order valence-corrected chi connectivity index (χ1v) is 5.31. The summed E-state index contributed by atoms with van der Waals surface area (Å²) >= 11 is 0. The minimum atomic E-state index is -0.152. The number of benzene rings is 1. The van der Waals surface area contributed by atoms with Crippen LogP contribution < -0.4 is 11.3 Å². The summed E-state index contributed by atoms with van der Waals surface area (Å²) in [7, 11) is 1.68. The lowest BCUT2D eigenvalue weighted by Gasteiger charge is -2.23. The molecular weight excluding hydrogens is 216 g/mol. The average Bonchev–Trinajstić information content (AvgIpc) is 2.37. The molecule has 1 rings (SSSR count). The highest BCUT2D eigenvalue weighted by atomic mass is 16.2. The van der Waals surface area contributed by atoms with Crippen LogP contribution in [-0.4, -0.2) is 23.9 Å². The molecule has 0 spiro atoms. The smallest absolute Gasteiger partial charge is 0.256 e. The van der Waals surface area contributed by atoms with E-state index >= 15 is 0 Å². The SMILES string of the molecule is CC(CC#N)N(C)C(=O)c1ccccc1NN. The fourth-order valence-electron chi connectivity index (χ4n) is 1.45. The molecule has 1 unspecified atom stereocenters. The Morgan fingerprint density at radius 2 is 2.24 bits per heavy atom. The van der Waals surface area contributed by atoms with Crippen molar-refractivity contribution in [1.82, 2.24) is 4.90 Å². The van der Waals surface area contributed by atoms with E-state index in [2.05, 4.69) is 5.43 Å². The van der Waals surface area contributed by atoms with Gasteiger partial charge in [-0.1, -0.05) is 12.1 Å². The van der Waals surface area contributed by atoms with Crippen molar-refractivity contribution in [3.8, 4) is 6.07 Å². The second-order valence-electron chi connectivity index (χ2n) is 3.82. The van der Waals surface area contributed by atoms with Gasteiger partial charge in [-0.25, -0.2) is 0 Å². The highest BCUT2D eigenvalue weighted by molar-refractivity contribution is 5.99. The van der Waals surface area contributed by atoms with Crippen LogP contribution in [0, 0.1) is 11.3 Å². The zero-order valence-electron chi connectivity index (χ0n) is 9.97. The second kappa shape index (κ2) is 5.87. The zero-order valence-corrected chi connectivity index (χ0v) is 9.97. The summed E-state index contributed by atoms with van der Waals surface area (Å²) in [6.07, 6.45) is 0.306. The van der Waals surface area contributed by atoms with Gasteiger partial charge in [0.2, 0.25) is 0 Å². The summed E-state index contributed by atoms with van der Waals surface area (Å²) in [5.41, 5.74) is 3.57. The van der Waals surface area contributed by atoms with Crippen molar-refractivity contribution in [2.75, 3.05) is 12.5 Å². The number of nitriles is 1. The third kappa shape index (κ3) is 2.95. The van der Waals surface area contributed by atoms with Crippen LogP contribution in [0.25, 0.3) is 0 Å². The van der Waals surface area contributed by atoms with E-state index in [9.17, 15) is 4.79 Å². The van der Waals surface area contributed by atoms with Crippen molar-refractivity contribution in [3.63, 3.8) is 0 Å². The Balaban J connectivity index is 2.93. The van der Waals surface area contributed by atoms with Gasteiger partial charge in [-0.3, -0.25) is 10.6 Å². The molecule has 0 aliphatic carbocycles. The van der Waals surface area contributed by atoms with Gasteiger partial charge >= 0.3 is 0 Å². The average molecular weight is 232 g/mol. The lowest BCUT2D eigenvalue weighted by atomic mass is 10.1. The monoisotopic (exact) mass is 232 g/mol. The van der Waals surface area contributed by atoms with Crippen LogP contribution in [0.5, 0.6) is 0 Å². The van der Waals surface area contributed by atoms with Gasteiger partial charge in [0.25, 0.3) is 5.91 Å². The summed E-state index contributed by atoms with van der Waals surface area (Å²) in [6.45, 7) is 1.83. The van der Waals surface area contributed by atoms with Crippen molar-refractivity contribution in [2.45, 2.75) is 19.4 Å². The van der Waals surface area contributed by atoms with E-state index in [0.29, 0.717) is 17.7 Å². The molecule has 90 valence electrons. The molecule has 5 nitrogen and oxygen atoms in total. The lowest BCUT2D eigenvalue weighted by Crippen LogP contribution is -2.35. The van der Waals surface area contributed by atoms with Crippen molar-refractivity contribution in [2.24, 2.45) is 5.84 Å². The number of para-hydroxylation sites is 1. The second-order valence-corrected chi connectivity index (χ2v) is 3.82. The number of carbonyl (C=O) groups is 1. The molecule has 1 amide bonds.